The van der Waals surface area contributed by atoms with Crippen molar-refractivity contribution in [3.63, 3.8) is 0 Å². The molecule has 1 aromatic heterocycles. The Hall–Kier alpha value is -2.74. The van der Waals surface area contributed by atoms with Gasteiger partial charge in [0.15, 0.2) is 11.6 Å². The van der Waals surface area contributed by atoms with Gasteiger partial charge in [0, 0.05) is 18.6 Å². The number of fused-ring (bicyclic) bond motifs is 1. The van der Waals surface area contributed by atoms with Crippen molar-refractivity contribution in [1.82, 2.24) is 9.55 Å². The lowest BCUT2D eigenvalue weighted by Gasteiger charge is -2.13. The van der Waals surface area contributed by atoms with Crippen molar-refractivity contribution < 1.29 is 17.6 Å². The summed E-state index contributed by atoms with van der Waals surface area (Å²) in [7, 11) is 0. The molecule has 1 heterocycles. The van der Waals surface area contributed by atoms with Crippen molar-refractivity contribution in [3.05, 3.63) is 69.8 Å². The second-order valence-corrected chi connectivity index (χ2v) is 5.12. The first-order chi connectivity index (χ1) is 11.4. The minimum atomic E-state index is -1.22. The summed E-state index contributed by atoms with van der Waals surface area (Å²) >= 11 is 0. The number of hydrogen-bond donors (Lipinski definition) is 1. The van der Waals surface area contributed by atoms with E-state index >= 15 is 0 Å². The minimum absolute atomic E-state index is 0.0597. The van der Waals surface area contributed by atoms with Gasteiger partial charge in [0.25, 0.3) is 5.56 Å². The van der Waals surface area contributed by atoms with Crippen LogP contribution in [0.3, 0.4) is 0 Å². The molecule has 4 nitrogen and oxygen atoms in total. The van der Waals surface area contributed by atoms with Gasteiger partial charge in [-0.2, -0.15) is 0 Å². The average Bonchev–Trinajstić information content (AvgIpc) is 2.49. The molecule has 0 aliphatic carbocycles. The van der Waals surface area contributed by atoms with E-state index in [1.807, 2.05) is 0 Å². The Labute approximate surface area is 133 Å². The van der Waals surface area contributed by atoms with E-state index in [1.54, 1.807) is 0 Å². The largest absolute Gasteiger partial charge is 0.330 e. The molecule has 8 heteroatoms. The van der Waals surface area contributed by atoms with E-state index in [4.69, 9.17) is 5.73 Å². The summed E-state index contributed by atoms with van der Waals surface area (Å²) in [6, 6.07) is 4.04. The number of halogens is 4. The van der Waals surface area contributed by atoms with Crippen LogP contribution in [0, 0.1) is 23.3 Å². The van der Waals surface area contributed by atoms with Gasteiger partial charge >= 0.3 is 0 Å². The van der Waals surface area contributed by atoms with Crippen molar-refractivity contribution in [3.8, 4) is 5.69 Å². The molecular weight excluding hydrogens is 326 g/mol. The van der Waals surface area contributed by atoms with E-state index in [-0.39, 0.29) is 35.4 Å². The summed E-state index contributed by atoms with van der Waals surface area (Å²) in [6.45, 7) is 0.0966. The Kier molecular flexibility index (Phi) is 4.06. The second kappa shape index (κ2) is 6.04. The van der Waals surface area contributed by atoms with E-state index in [0.29, 0.717) is 12.1 Å². The van der Waals surface area contributed by atoms with Gasteiger partial charge in [0.2, 0.25) is 0 Å². The molecule has 0 atom stereocenters. The first-order valence-electron chi connectivity index (χ1n) is 6.98. The number of nitrogens with two attached hydrogens (primary N) is 1. The maximum absolute atomic E-state index is 13.5. The van der Waals surface area contributed by atoms with Crippen molar-refractivity contribution in [2.75, 3.05) is 6.54 Å². The molecule has 0 amide bonds. The normalized spacial score (nSPS) is 11.2. The number of benzene rings is 2. The Morgan fingerprint density at radius 3 is 2.21 bits per heavy atom. The van der Waals surface area contributed by atoms with Crippen LogP contribution in [0.15, 0.2) is 35.1 Å². The Morgan fingerprint density at radius 2 is 1.58 bits per heavy atom. The summed E-state index contributed by atoms with van der Waals surface area (Å²) in [4.78, 5) is 16.8. The van der Waals surface area contributed by atoms with Gasteiger partial charge in [0.05, 0.1) is 16.6 Å². The molecule has 3 aromatic rings. The Morgan fingerprint density at radius 1 is 0.958 bits per heavy atom. The summed E-state index contributed by atoms with van der Waals surface area (Å²) in [5, 5.41) is -0.209. The molecular formula is C16H11F4N3O. The van der Waals surface area contributed by atoms with Gasteiger partial charge in [-0.1, -0.05) is 0 Å². The van der Waals surface area contributed by atoms with E-state index < -0.39 is 28.8 Å². The Bertz CT molecular complexity index is 981. The zero-order valence-corrected chi connectivity index (χ0v) is 12.2. The number of nitrogens with zero attached hydrogens (tertiary/aromatic N) is 2. The zero-order chi connectivity index (χ0) is 17.4. The highest BCUT2D eigenvalue weighted by molar-refractivity contribution is 5.78. The molecule has 0 radical (unpaired) electrons. The lowest BCUT2D eigenvalue weighted by atomic mass is 10.2. The monoisotopic (exact) mass is 337 g/mol. The molecule has 2 N–H and O–H groups in total. The SMILES string of the molecule is NCCc1nc2cc(F)c(F)cc2c(=O)n1-c1cc(F)cc(F)c1. The van der Waals surface area contributed by atoms with Crippen LogP contribution >= 0.6 is 0 Å². The van der Waals surface area contributed by atoms with Gasteiger partial charge in [-0.3, -0.25) is 9.36 Å². The van der Waals surface area contributed by atoms with Crippen LogP contribution in [0.2, 0.25) is 0 Å². The number of rotatable bonds is 3. The Balaban J connectivity index is 2.40. The molecule has 0 saturated carbocycles. The highest BCUT2D eigenvalue weighted by atomic mass is 19.2. The lowest BCUT2D eigenvalue weighted by Crippen LogP contribution is -2.26. The van der Waals surface area contributed by atoms with Crippen LogP contribution in [-0.4, -0.2) is 16.1 Å². The van der Waals surface area contributed by atoms with Gasteiger partial charge < -0.3 is 5.73 Å². The molecule has 0 aliphatic heterocycles. The minimum Gasteiger partial charge on any atom is -0.330 e. The van der Waals surface area contributed by atoms with E-state index in [9.17, 15) is 22.4 Å². The van der Waals surface area contributed by atoms with Gasteiger partial charge in [-0.25, -0.2) is 22.5 Å². The predicted molar refractivity (Wildman–Crippen MR) is 79.9 cm³/mol. The average molecular weight is 337 g/mol. The van der Waals surface area contributed by atoms with E-state index in [1.165, 1.54) is 0 Å². The molecule has 24 heavy (non-hydrogen) atoms. The van der Waals surface area contributed by atoms with Crippen LogP contribution in [0.25, 0.3) is 16.6 Å². The third-order valence-corrected chi connectivity index (χ3v) is 3.45. The van der Waals surface area contributed by atoms with Crippen LogP contribution in [0.1, 0.15) is 5.82 Å². The fourth-order valence-electron chi connectivity index (χ4n) is 2.46. The molecule has 0 saturated heterocycles. The van der Waals surface area contributed by atoms with Gasteiger partial charge in [-0.15, -0.1) is 0 Å². The quantitative estimate of drug-likeness (QED) is 0.747. The first-order valence-corrected chi connectivity index (χ1v) is 6.98. The van der Waals surface area contributed by atoms with Gasteiger partial charge in [0.1, 0.15) is 17.5 Å². The van der Waals surface area contributed by atoms with Crippen LogP contribution in [-0.2, 0) is 6.42 Å². The van der Waals surface area contributed by atoms with Crippen LogP contribution in [0.4, 0.5) is 17.6 Å². The summed E-state index contributed by atoms with van der Waals surface area (Å²) < 4.78 is 54.7. The highest BCUT2D eigenvalue weighted by Gasteiger charge is 2.16. The topological polar surface area (TPSA) is 60.9 Å². The molecule has 0 spiro atoms. The summed E-state index contributed by atoms with van der Waals surface area (Å²) in [5.74, 6) is -4.06. The second-order valence-electron chi connectivity index (χ2n) is 5.12. The van der Waals surface area contributed by atoms with Gasteiger partial charge in [-0.05, 0) is 24.7 Å². The van der Waals surface area contributed by atoms with Crippen molar-refractivity contribution in [2.24, 2.45) is 5.73 Å². The highest BCUT2D eigenvalue weighted by Crippen LogP contribution is 2.18. The maximum atomic E-state index is 13.5. The molecule has 0 aliphatic rings. The third kappa shape index (κ3) is 2.76. The van der Waals surface area contributed by atoms with Crippen LogP contribution in [0.5, 0.6) is 0 Å². The van der Waals surface area contributed by atoms with Crippen molar-refractivity contribution in [1.29, 1.82) is 0 Å². The zero-order valence-electron chi connectivity index (χ0n) is 12.2. The fourth-order valence-corrected chi connectivity index (χ4v) is 2.46. The smallest absolute Gasteiger partial charge is 0.266 e. The molecule has 0 fully saturated rings. The third-order valence-electron chi connectivity index (χ3n) is 3.45. The lowest BCUT2D eigenvalue weighted by molar-refractivity contribution is 0.510. The molecule has 0 bridgehead atoms. The molecule has 3 rings (SSSR count). The van der Waals surface area contributed by atoms with E-state index in [2.05, 4.69) is 4.98 Å². The number of hydrogen-bond acceptors (Lipinski definition) is 3. The molecule has 124 valence electrons. The predicted octanol–water partition coefficient (Wildman–Crippen LogP) is 2.44. The van der Waals surface area contributed by atoms with Crippen LogP contribution < -0.4 is 11.3 Å². The molecule has 0 unspecified atom stereocenters. The first kappa shape index (κ1) is 16.1. The standard InChI is InChI=1S/C16H11F4N3O/c17-8-3-9(18)5-10(4-8)23-15(1-2-21)22-14-7-13(20)12(19)6-11(14)16(23)24/h3-7H,1-2,21H2. The summed E-state index contributed by atoms with van der Waals surface area (Å²) in [5.41, 5.74) is 4.54. The van der Waals surface area contributed by atoms with E-state index in [0.717, 1.165) is 22.8 Å². The number of aromatic nitrogens is 2. The van der Waals surface area contributed by atoms with Crippen molar-refractivity contribution >= 4 is 10.9 Å². The molecule has 2 aromatic carbocycles. The summed E-state index contributed by atoms with van der Waals surface area (Å²) in [6.07, 6.45) is 0.0995. The fraction of sp³-hybridized carbons (Fsp3) is 0.125. The maximum Gasteiger partial charge on any atom is 0.266 e. The van der Waals surface area contributed by atoms with Crippen molar-refractivity contribution in [2.45, 2.75) is 6.42 Å².